The average Bonchev–Trinajstić information content (AvgIpc) is 2.04. The highest BCUT2D eigenvalue weighted by atomic mass is 14.9. The van der Waals surface area contributed by atoms with Crippen LogP contribution in [-0.2, 0) is 0 Å². The van der Waals surface area contributed by atoms with Crippen molar-refractivity contribution in [1.82, 2.24) is 5.32 Å². The maximum atomic E-state index is 6.02. The van der Waals surface area contributed by atoms with Gasteiger partial charge in [0, 0.05) is 18.6 Å². The maximum Gasteiger partial charge on any atom is 0.0249 e. The predicted molar refractivity (Wildman–Crippen MR) is 59.8 cm³/mol. The fourth-order valence-corrected chi connectivity index (χ4v) is 0.936. The van der Waals surface area contributed by atoms with E-state index in [-0.39, 0.29) is 5.54 Å². The van der Waals surface area contributed by atoms with Crippen LogP contribution in [-0.4, -0.2) is 18.6 Å². The van der Waals surface area contributed by atoms with Gasteiger partial charge in [-0.05, 0) is 25.2 Å². The zero-order chi connectivity index (χ0) is 10.5. The molecule has 0 radical (unpaired) electrons. The van der Waals surface area contributed by atoms with Crippen LogP contribution in [0, 0.1) is 5.41 Å². The van der Waals surface area contributed by atoms with Crippen molar-refractivity contribution in [2.75, 3.05) is 13.1 Å². The van der Waals surface area contributed by atoms with E-state index < -0.39 is 0 Å². The minimum atomic E-state index is -0.0518. The van der Waals surface area contributed by atoms with Crippen molar-refractivity contribution in [2.24, 2.45) is 11.1 Å². The monoisotopic (exact) mass is 186 g/mol. The van der Waals surface area contributed by atoms with Gasteiger partial charge in [-0.15, -0.1) is 0 Å². The summed E-state index contributed by atoms with van der Waals surface area (Å²) >= 11 is 0. The van der Waals surface area contributed by atoms with Gasteiger partial charge in [-0.1, -0.05) is 27.7 Å². The Morgan fingerprint density at radius 2 is 1.54 bits per heavy atom. The molecule has 0 aromatic heterocycles. The van der Waals surface area contributed by atoms with Crippen LogP contribution in [0.5, 0.6) is 0 Å². The van der Waals surface area contributed by atoms with Crippen LogP contribution >= 0.6 is 0 Å². The van der Waals surface area contributed by atoms with Gasteiger partial charge < -0.3 is 11.1 Å². The molecular weight excluding hydrogens is 160 g/mol. The highest BCUT2D eigenvalue weighted by Gasteiger charge is 2.18. The molecule has 0 rings (SSSR count). The Labute approximate surface area is 83.3 Å². The van der Waals surface area contributed by atoms with E-state index in [1.165, 1.54) is 6.42 Å². The summed E-state index contributed by atoms with van der Waals surface area (Å²) < 4.78 is 0. The number of nitrogens with one attached hydrogen (secondary N) is 1. The maximum absolute atomic E-state index is 6.02. The van der Waals surface area contributed by atoms with Crippen LogP contribution in [0.2, 0.25) is 0 Å². The molecule has 0 heterocycles. The van der Waals surface area contributed by atoms with E-state index in [9.17, 15) is 0 Å². The SMILES string of the molecule is CCC(C)(C)CNCC(C)(N)CC. The number of hydrogen-bond acceptors (Lipinski definition) is 2. The molecule has 1 atom stereocenters. The van der Waals surface area contributed by atoms with Gasteiger partial charge in [0.05, 0.1) is 0 Å². The number of nitrogens with two attached hydrogens (primary N) is 1. The molecule has 0 saturated heterocycles. The third-order valence-corrected chi connectivity index (χ3v) is 2.90. The second-order valence-corrected chi connectivity index (χ2v) is 5.13. The second kappa shape index (κ2) is 4.97. The Balaban J connectivity index is 3.68. The molecule has 0 saturated carbocycles. The van der Waals surface area contributed by atoms with Crippen molar-refractivity contribution in [1.29, 1.82) is 0 Å². The van der Waals surface area contributed by atoms with Crippen molar-refractivity contribution < 1.29 is 0 Å². The molecule has 0 fully saturated rings. The standard InChI is InChI=1S/C11H26N2/c1-6-10(3,4)8-13-9-11(5,12)7-2/h13H,6-9,12H2,1-5H3. The molecule has 2 nitrogen and oxygen atoms in total. The Kier molecular flexibility index (Phi) is 4.93. The Morgan fingerprint density at radius 1 is 1.00 bits per heavy atom. The smallest absolute Gasteiger partial charge is 0.0249 e. The van der Waals surface area contributed by atoms with Crippen LogP contribution < -0.4 is 11.1 Å². The molecule has 0 aliphatic rings. The third kappa shape index (κ3) is 6.05. The van der Waals surface area contributed by atoms with Crippen molar-refractivity contribution in [3.8, 4) is 0 Å². The topological polar surface area (TPSA) is 38.0 Å². The molecule has 0 aromatic rings. The fraction of sp³-hybridized carbons (Fsp3) is 1.00. The summed E-state index contributed by atoms with van der Waals surface area (Å²) in [5.41, 5.74) is 6.37. The minimum Gasteiger partial charge on any atom is -0.324 e. The van der Waals surface area contributed by atoms with E-state index >= 15 is 0 Å². The number of rotatable bonds is 6. The quantitative estimate of drug-likeness (QED) is 0.667. The zero-order valence-electron chi connectivity index (χ0n) is 9.91. The summed E-state index contributed by atoms with van der Waals surface area (Å²) in [4.78, 5) is 0. The predicted octanol–water partition coefficient (Wildman–Crippen LogP) is 2.14. The van der Waals surface area contributed by atoms with Crippen molar-refractivity contribution in [3.05, 3.63) is 0 Å². The van der Waals surface area contributed by atoms with Crippen molar-refractivity contribution in [3.63, 3.8) is 0 Å². The lowest BCUT2D eigenvalue weighted by molar-refractivity contribution is 0.306. The highest BCUT2D eigenvalue weighted by Crippen LogP contribution is 2.17. The lowest BCUT2D eigenvalue weighted by atomic mass is 9.90. The summed E-state index contributed by atoms with van der Waals surface area (Å²) in [6.45, 7) is 13.0. The molecule has 1 unspecified atom stereocenters. The first kappa shape index (κ1) is 12.9. The molecular formula is C11H26N2. The van der Waals surface area contributed by atoms with Crippen LogP contribution in [0.4, 0.5) is 0 Å². The Hall–Kier alpha value is -0.0800. The first-order valence-corrected chi connectivity index (χ1v) is 5.32. The molecule has 0 amide bonds. The highest BCUT2D eigenvalue weighted by molar-refractivity contribution is 4.80. The van der Waals surface area contributed by atoms with Crippen LogP contribution in [0.25, 0.3) is 0 Å². The van der Waals surface area contributed by atoms with Crippen LogP contribution in [0.1, 0.15) is 47.5 Å². The molecule has 2 heteroatoms. The summed E-state index contributed by atoms with van der Waals surface area (Å²) in [5.74, 6) is 0. The van der Waals surface area contributed by atoms with Gasteiger partial charge in [-0.25, -0.2) is 0 Å². The largest absolute Gasteiger partial charge is 0.324 e. The van der Waals surface area contributed by atoms with Gasteiger partial charge in [-0.2, -0.15) is 0 Å². The molecule has 0 aromatic carbocycles. The van der Waals surface area contributed by atoms with Gasteiger partial charge in [0.25, 0.3) is 0 Å². The first-order valence-electron chi connectivity index (χ1n) is 5.32. The molecule has 0 bridgehead atoms. The van der Waals surface area contributed by atoms with E-state index in [0.29, 0.717) is 5.41 Å². The van der Waals surface area contributed by atoms with E-state index in [2.05, 4.69) is 39.9 Å². The fourth-order valence-electron chi connectivity index (χ4n) is 0.936. The van der Waals surface area contributed by atoms with Gasteiger partial charge >= 0.3 is 0 Å². The summed E-state index contributed by atoms with van der Waals surface area (Å²) in [6, 6.07) is 0. The Bertz CT molecular complexity index is 123. The molecule has 0 aliphatic heterocycles. The van der Waals surface area contributed by atoms with Crippen molar-refractivity contribution >= 4 is 0 Å². The third-order valence-electron chi connectivity index (χ3n) is 2.90. The summed E-state index contributed by atoms with van der Waals surface area (Å²) in [6.07, 6.45) is 2.22. The van der Waals surface area contributed by atoms with Gasteiger partial charge in [0.15, 0.2) is 0 Å². The van der Waals surface area contributed by atoms with E-state index in [0.717, 1.165) is 19.5 Å². The van der Waals surface area contributed by atoms with Crippen LogP contribution in [0.3, 0.4) is 0 Å². The molecule has 0 aliphatic carbocycles. The van der Waals surface area contributed by atoms with Gasteiger partial charge in [0.1, 0.15) is 0 Å². The lowest BCUT2D eigenvalue weighted by Crippen LogP contribution is -2.47. The Morgan fingerprint density at radius 3 is 1.92 bits per heavy atom. The minimum absolute atomic E-state index is 0.0518. The molecule has 80 valence electrons. The molecule has 13 heavy (non-hydrogen) atoms. The zero-order valence-corrected chi connectivity index (χ0v) is 9.91. The number of hydrogen-bond donors (Lipinski definition) is 2. The summed E-state index contributed by atoms with van der Waals surface area (Å²) in [5, 5.41) is 3.44. The van der Waals surface area contributed by atoms with Crippen LogP contribution in [0.15, 0.2) is 0 Å². The van der Waals surface area contributed by atoms with Crippen molar-refractivity contribution in [2.45, 2.75) is 53.0 Å². The lowest BCUT2D eigenvalue weighted by Gasteiger charge is -2.28. The normalized spacial score (nSPS) is 17.1. The first-order chi connectivity index (χ1) is 5.83. The van der Waals surface area contributed by atoms with E-state index in [1.807, 2.05) is 0 Å². The summed E-state index contributed by atoms with van der Waals surface area (Å²) in [7, 11) is 0. The second-order valence-electron chi connectivity index (χ2n) is 5.13. The van der Waals surface area contributed by atoms with E-state index in [4.69, 9.17) is 5.73 Å². The molecule has 0 spiro atoms. The van der Waals surface area contributed by atoms with E-state index in [1.54, 1.807) is 0 Å². The average molecular weight is 186 g/mol. The van der Waals surface area contributed by atoms with Gasteiger partial charge in [0.2, 0.25) is 0 Å². The molecule has 3 N–H and O–H groups in total. The van der Waals surface area contributed by atoms with Gasteiger partial charge in [-0.3, -0.25) is 0 Å².